The maximum Gasteiger partial charge on any atom is 0.243 e. The summed E-state index contributed by atoms with van der Waals surface area (Å²) in [6.45, 7) is 0. The van der Waals surface area contributed by atoms with E-state index >= 15 is 0 Å². The minimum absolute atomic E-state index is 0.335. The molecule has 128 valence electrons. The van der Waals surface area contributed by atoms with Gasteiger partial charge in [0.1, 0.15) is 17.4 Å². The quantitative estimate of drug-likeness (QED) is 0.789. The van der Waals surface area contributed by atoms with Crippen molar-refractivity contribution in [3.63, 3.8) is 0 Å². The number of nitrogens with one attached hydrogen (secondary N) is 1. The van der Waals surface area contributed by atoms with Crippen LogP contribution in [0, 0.1) is 17.2 Å². The van der Waals surface area contributed by atoms with E-state index in [4.69, 9.17) is 4.74 Å². The Kier molecular flexibility index (Phi) is 3.90. The second kappa shape index (κ2) is 6.37. The first kappa shape index (κ1) is 15.9. The summed E-state index contributed by atoms with van der Waals surface area (Å²) in [5, 5.41) is 16.6. The van der Waals surface area contributed by atoms with E-state index in [9.17, 15) is 10.1 Å². The van der Waals surface area contributed by atoms with Gasteiger partial charge in [-0.2, -0.15) is 10.4 Å². The molecule has 1 amide bonds. The van der Waals surface area contributed by atoms with Crippen LogP contribution in [0.4, 0.5) is 5.82 Å². The summed E-state index contributed by atoms with van der Waals surface area (Å²) >= 11 is 0. The number of amides is 1. The van der Waals surface area contributed by atoms with E-state index in [1.807, 2.05) is 60.8 Å². The third-order valence-corrected chi connectivity index (χ3v) is 4.38. The van der Waals surface area contributed by atoms with Crippen LogP contribution >= 0.6 is 0 Å². The molecular formula is C20H16N4O2. The molecule has 0 spiro atoms. The van der Waals surface area contributed by atoms with Crippen LogP contribution in [0.3, 0.4) is 0 Å². The lowest BCUT2D eigenvalue weighted by molar-refractivity contribution is -0.119. The van der Waals surface area contributed by atoms with Crippen molar-refractivity contribution in [3.05, 3.63) is 71.9 Å². The number of aromatic nitrogens is 2. The van der Waals surface area contributed by atoms with Crippen molar-refractivity contribution in [2.45, 2.75) is 5.92 Å². The maximum atomic E-state index is 12.3. The Morgan fingerprint density at radius 3 is 2.69 bits per heavy atom. The molecule has 0 saturated carbocycles. The van der Waals surface area contributed by atoms with E-state index in [0.29, 0.717) is 11.6 Å². The zero-order chi connectivity index (χ0) is 18.1. The number of fused-ring (bicyclic) bond motifs is 1. The van der Waals surface area contributed by atoms with Crippen molar-refractivity contribution in [1.82, 2.24) is 9.78 Å². The lowest BCUT2D eigenvalue weighted by atomic mass is 9.79. The number of hydrogen-bond acceptors (Lipinski definition) is 4. The number of carbonyl (C=O) groups excluding carboxylic acids is 1. The number of para-hydroxylation sites is 1. The van der Waals surface area contributed by atoms with Crippen LogP contribution in [-0.4, -0.2) is 15.7 Å². The number of ether oxygens (including phenoxy) is 1. The largest absolute Gasteiger partial charge is 0.457 e. The summed E-state index contributed by atoms with van der Waals surface area (Å²) in [6, 6.07) is 19.1. The number of hydrogen-bond donors (Lipinski definition) is 1. The molecule has 0 fully saturated rings. The molecule has 0 radical (unpaired) electrons. The Morgan fingerprint density at radius 1 is 1.15 bits per heavy atom. The number of aryl methyl sites for hydroxylation is 1. The fourth-order valence-corrected chi connectivity index (χ4v) is 3.26. The summed E-state index contributed by atoms with van der Waals surface area (Å²) in [5.41, 5.74) is 1.67. The zero-order valence-corrected chi connectivity index (χ0v) is 14.1. The molecular weight excluding hydrogens is 328 g/mol. The minimum atomic E-state index is -0.821. The summed E-state index contributed by atoms with van der Waals surface area (Å²) in [5.74, 6) is 0.337. The molecule has 4 rings (SSSR count). The molecule has 0 bridgehead atoms. The van der Waals surface area contributed by atoms with E-state index in [1.54, 1.807) is 11.7 Å². The van der Waals surface area contributed by atoms with Gasteiger partial charge in [-0.05, 0) is 29.8 Å². The van der Waals surface area contributed by atoms with Crippen molar-refractivity contribution in [1.29, 1.82) is 5.26 Å². The number of anilines is 1. The van der Waals surface area contributed by atoms with Gasteiger partial charge in [-0.25, -0.2) is 0 Å². The molecule has 2 atom stereocenters. The molecule has 6 heteroatoms. The van der Waals surface area contributed by atoms with Crippen LogP contribution in [0.1, 0.15) is 17.0 Å². The summed E-state index contributed by atoms with van der Waals surface area (Å²) in [7, 11) is 1.79. The van der Waals surface area contributed by atoms with Crippen LogP contribution in [0.2, 0.25) is 0 Å². The first-order chi connectivity index (χ1) is 12.7. The highest BCUT2D eigenvalue weighted by Crippen LogP contribution is 2.40. The van der Waals surface area contributed by atoms with Crippen LogP contribution in [0.15, 0.2) is 60.8 Å². The number of rotatable bonds is 3. The fraction of sp³-hybridized carbons (Fsp3) is 0.150. The van der Waals surface area contributed by atoms with E-state index in [2.05, 4.69) is 16.5 Å². The van der Waals surface area contributed by atoms with E-state index in [1.165, 1.54) is 0 Å². The first-order valence-electron chi connectivity index (χ1n) is 8.22. The standard InChI is InChI=1S/C20H16N4O2/c1-24-12-17-18(16(11-21)20(25)22-19(17)23-24)13-6-5-9-15(10-13)26-14-7-3-2-4-8-14/h2-10,12,16,18H,1H3,(H,22,23,25). The highest BCUT2D eigenvalue weighted by atomic mass is 16.5. The molecule has 2 heterocycles. The fourth-order valence-electron chi connectivity index (χ4n) is 3.26. The van der Waals surface area contributed by atoms with Crippen molar-refractivity contribution in [3.8, 4) is 17.6 Å². The second-order valence-electron chi connectivity index (χ2n) is 6.17. The number of carbonyl (C=O) groups is 1. The number of nitriles is 1. The Morgan fingerprint density at radius 2 is 1.92 bits per heavy atom. The van der Waals surface area contributed by atoms with E-state index in [-0.39, 0.29) is 5.91 Å². The smallest absolute Gasteiger partial charge is 0.243 e. The number of benzene rings is 2. The molecule has 2 unspecified atom stereocenters. The Hall–Kier alpha value is -3.59. The average molecular weight is 344 g/mol. The Labute approximate surface area is 150 Å². The predicted octanol–water partition coefficient (Wildman–Crippen LogP) is 3.44. The molecule has 1 aliphatic heterocycles. The van der Waals surface area contributed by atoms with Crippen molar-refractivity contribution in [2.24, 2.45) is 13.0 Å². The topological polar surface area (TPSA) is 79.9 Å². The molecule has 6 nitrogen and oxygen atoms in total. The molecule has 0 saturated heterocycles. The van der Waals surface area contributed by atoms with Crippen molar-refractivity contribution in [2.75, 3.05) is 5.32 Å². The van der Waals surface area contributed by atoms with Gasteiger partial charge >= 0.3 is 0 Å². The van der Waals surface area contributed by atoms with Crippen LogP contribution in [-0.2, 0) is 11.8 Å². The van der Waals surface area contributed by atoms with Gasteiger partial charge in [0.15, 0.2) is 5.82 Å². The second-order valence-corrected chi connectivity index (χ2v) is 6.17. The lowest BCUT2D eigenvalue weighted by Crippen LogP contribution is -2.32. The molecule has 0 aliphatic carbocycles. The predicted molar refractivity (Wildman–Crippen MR) is 95.7 cm³/mol. The lowest BCUT2D eigenvalue weighted by Gasteiger charge is -2.26. The highest BCUT2D eigenvalue weighted by molar-refractivity contribution is 5.97. The summed E-state index contributed by atoms with van der Waals surface area (Å²) in [4.78, 5) is 12.3. The molecule has 3 aromatic rings. The Balaban J connectivity index is 1.75. The summed E-state index contributed by atoms with van der Waals surface area (Å²) < 4.78 is 7.54. The van der Waals surface area contributed by atoms with Gasteiger partial charge in [0, 0.05) is 24.7 Å². The first-order valence-corrected chi connectivity index (χ1v) is 8.22. The molecule has 2 aromatic carbocycles. The number of nitrogens with zero attached hydrogens (tertiary/aromatic N) is 3. The van der Waals surface area contributed by atoms with Crippen LogP contribution < -0.4 is 10.1 Å². The third-order valence-electron chi connectivity index (χ3n) is 4.38. The molecule has 1 N–H and O–H groups in total. The van der Waals surface area contributed by atoms with Gasteiger partial charge in [-0.15, -0.1) is 0 Å². The monoisotopic (exact) mass is 344 g/mol. The van der Waals surface area contributed by atoms with Gasteiger partial charge in [0.05, 0.1) is 6.07 Å². The van der Waals surface area contributed by atoms with Crippen molar-refractivity contribution < 1.29 is 9.53 Å². The van der Waals surface area contributed by atoms with Gasteiger partial charge in [0.25, 0.3) is 0 Å². The SMILES string of the molecule is Cn1cc2c(n1)NC(=O)C(C#N)C2c1cccc(Oc2ccccc2)c1. The molecule has 1 aliphatic rings. The van der Waals surface area contributed by atoms with Gasteiger partial charge in [-0.3, -0.25) is 9.48 Å². The van der Waals surface area contributed by atoms with E-state index < -0.39 is 11.8 Å². The Bertz CT molecular complexity index is 1000. The van der Waals surface area contributed by atoms with Crippen molar-refractivity contribution >= 4 is 11.7 Å². The van der Waals surface area contributed by atoms with Crippen LogP contribution in [0.5, 0.6) is 11.5 Å². The molecule has 26 heavy (non-hydrogen) atoms. The molecule has 1 aromatic heterocycles. The summed E-state index contributed by atoms with van der Waals surface area (Å²) in [6.07, 6.45) is 1.84. The third kappa shape index (κ3) is 2.80. The average Bonchev–Trinajstić information content (AvgIpc) is 3.01. The normalized spacial score (nSPS) is 18.5. The highest BCUT2D eigenvalue weighted by Gasteiger charge is 2.39. The van der Waals surface area contributed by atoms with Crippen LogP contribution in [0.25, 0.3) is 0 Å². The van der Waals surface area contributed by atoms with Gasteiger partial charge < -0.3 is 10.1 Å². The van der Waals surface area contributed by atoms with E-state index in [0.717, 1.165) is 16.9 Å². The maximum absolute atomic E-state index is 12.3. The van der Waals surface area contributed by atoms with Gasteiger partial charge in [0.2, 0.25) is 5.91 Å². The van der Waals surface area contributed by atoms with Gasteiger partial charge in [-0.1, -0.05) is 30.3 Å². The minimum Gasteiger partial charge on any atom is -0.457 e. The zero-order valence-electron chi connectivity index (χ0n) is 14.1.